The van der Waals surface area contributed by atoms with Gasteiger partial charge >= 0.3 is 0 Å². The Labute approximate surface area is 76.6 Å². The van der Waals surface area contributed by atoms with Gasteiger partial charge in [0.15, 0.2) is 0 Å². The van der Waals surface area contributed by atoms with Crippen LogP contribution in [0.2, 0.25) is 0 Å². The van der Waals surface area contributed by atoms with Crippen molar-refractivity contribution in [3.63, 3.8) is 0 Å². The molecule has 0 unspecified atom stereocenters. The van der Waals surface area contributed by atoms with E-state index >= 15 is 0 Å². The third kappa shape index (κ3) is 1.62. The SMILES string of the molecule is O=C1CCc2cccc(F)c2CC1. The van der Waals surface area contributed by atoms with Crippen LogP contribution < -0.4 is 0 Å². The third-order valence-electron chi connectivity index (χ3n) is 2.54. The Balaban J connectivity index is 2.40. The molecule has 0 aliphatic heterocycles. The van der Waals surface area contributed by atoms with E-state index < -0.39 is 0 Å². The highest BCUT2D eigenvalue weighted by molar-refractivity contribution is 5.79. The number of benzene rings is 1. The van der Waals surface area contributed by atoms with Gasteiger partial charge in [-0.2, -0.15) is 0 Å². The molecular weight excluding hydrogens is 167 g/mol. The summed E-state index contributed by atoms with van der Waals surface area (Å²) in [7, 11) is 0. The van der Waals surface area contributed by atoms with Crippen LogP contribution in [-0.2, 0) is 17.6 Å². The molecule has 13 heavy (non-hydrogen) atoms. The average molecular weight is 178 g/mol. The van der Waals surface area contributed by atoms with Crippen molar-refractivity contribution in [1.29, 1.82) is 0 Å². The molecule has 68 valence electrons. The lowest BCUT2D eigenvalue weighted by Gasteiger charge is -2.04. The van der Waals surface area contributed by atoms with E-state index in [0.717, 1.165) is 11.1 Å². The topological polar surface area (TPSA) is 17.1 Å². The first kappa shape index (κ1) is 8.42. The highest BCUT2D eigenvalue weighted by Gasteiger charge is 2.15. The lowest BCUT2D eigenvalue weighted by Crippen LogP contribution is -1.96. The number of hydrogen-bond donors (Lipinski definition) is 0. The molecule has 0 heterocycles. The fourth-order valence-electron chi connectivity index (χ4n) is 1.78. The van der Waals surface area contributed by atoms with Crippen LogP contribution in [0.1, 0.15) is 24.0 Å². The van der Waals surface area contributed by atoms with Gasteiger partial charge in [0, 0.05) is 12.8 Å². The molecule has 0 fully saturated rings. The molecule has 2 heteroatoms. The van der Waals surface area contributed by atoms with E-state index in [-0.39, 0.29) is 11.6 Å². The number of aryl methyl sites for hydroxylation is 1. The van der Waals surface area contributed by atoms with E-state index in [2.05, 4.69) is 0 Å². The van der Waals surface area contributed by atoms with Crippen LogP contribution >= 0.6 is 0 Å². The van der Waals surface area contributed by atoms with Gasteiger partial charge in [-0.25, -0.2) is 4.39 Å². The number of hydrogen-bond acceptors (Lipinski definition) is 1. The zero-order valence-corrected chi connectivity index (χ0v) is 7.35. The van der Waals surface area contributed by atoms with Crippen LogP contribution in [-0.4, -0.2) is 5.78 Å². The summed E-state index contributed by atoms with van der Waals surface area (Å²) in [5.74, 6) is 0.0859. The lowest BCUT2D eigenvalue weighted by molar-refractivity contribution is -0.118. The largest absolute Gasteiger partial charge is 0.300 e. The van der Waals surface area contributed by atoms with E-state index in [1.165, 1.54) is 6.07 Å². The monoisotopic (exact) mass is 178 g/mol. The van der Waals surface area contributed by atoms with Crippen LogP contribution in [0.15, 0.2) is 18.2 Å². The maximum Gasteiger partial charge on any atom is 0.133 e. The molecule has 0 bridgehead atoms. The van der Waals surface area contributed by atoms with Gasteiger partial charge in [-0.1, -0.05) is 12.1 Å². The zero-order chi connectivity index (χ0) is 9.26. The van der Waals surface area contributed by atoms with Crippen molar-refractivity contribution >= 4 is 5.78 Å². The summed E-state index contributed by atoms with van der Waals surface area (Å²) in [6.45, 7) is 0. The Morgan fingerprint density at radius 1 is 1.08 bits per heavy atom. The van der Waals surface area contributed by atoms with Crippen LogP contribution in [0.5, 0.6) is 0 Å². The van der Waals surface area contributed by atoms with Crippen LogP contribution in [0.25, 0.3) is 0 Å². The molecule has 0 N–H and O–H groups in total. The minimum atomic E-state index is -0.160. The van der Waals surface area contributed by atoms with Crippen LogP contribution in [0.4, 0.5) is 4.39 Å². The highest BCUT2D eigenvalue weighted by Crippen LogP contribution is 2.21. The van der Waals surface area contributed by atoms with Crippen LogP contribution in [0, 0.1) is 5.82 Å². The quantitative estimate of drug-likeness (QED) is 0.557. The van der Waals surface area contributed by atoms with Crippen molar-refractivity contribution in [3.05, 3.63) is 35.1 Å². The van der Waals surface area contributed by atoms with E-state index in [0.29, 0.717) is 25.7 Å². The first-order valence-electron chi connectivity index (χ1n) is 4.55. The van der Waals surface area contributed by atoms with E-state index in [9.17, 15) is 9.18 Å². The van der Waals surface area contributed by atoms with E-state index in [1.807, 2.05) is 6.07 Å². The second-order valence-corrected chi connectivity index (χ2v) is 3.42. The molecule has 1 aromatic rings. The maximum absolute atomic E-state index is 13.3. The number of Topliss-reactive ketones (excluding diaryl/α,β-unsaturated/α-hetero) is 1. The van der Waals surface area contributed by atoms with Crippen molar-refractivity contribution in [2.45, 2.75) is 25.7 Å². The summed E-state index contributed by atoms with van der Waals surface area (Å²) in [4.78, 5) is 11.1. The molecule has 2 rings (SSSR count). The van der Waals surface area contributed by atoms with Gasteiger partial charge in [0.2, 0.25) is 0 Å². The van der Waals surface area contributed by atoms with Crippen LogP contribution in [0.3, 0.4) is 0 Å². The molecule has 0 aromatic heterocycles. The van der Waals surface area contributed by atoms with Gasteiger partial charge in [-0.15, -0.1) is 0 Å². The molecule has 1 aliphatic rings. The van der Waals surface area contributed by atoms with Crippen molar-refractivity contribution < 1.29 is 9.18 Å². The minimum Gasteiger partial charge on any atom is -0.300 e. The van der Waals surface area contributed by atoms with E-state index in [4.69, 9.17) is 0 Å². The summed E-state index contributed by atoms with van der Waals surface area (Å²) < 4.78 is 13.3. The number of rotatable bonds is 0. The molecule has 1 aliphatic carbocycles. The Morgan fingerprint density at radius 2 is 1.85 bits per heavy atom. The third-order valence-corrected chi connectivity index (χ3v) is 2.54. The fraction of sp³-hybridized carbons (Fsp3) is 0.364. The second-order valence-electron chi connectivity index (χ2n) is 3.42. The Bertz CT molecular complexity index is 344. The number of fused-ring (bicyclic) bond motifs is 1. The van der Waals surface area contributed by atoms with Gasteiger partial charge < -0.3 is 0 Å². The fourth-order valence-corrected chi connectivity index (χ4v) is 1.78. The normalized spacial score (nSPS) is 16.5. The van der Waals surface area contributed by atoms with Crippen molar-refractivity contribution in [3.8, 4) is 0 Å². The van der Waals surface area contributed by atoms with E-state index in [1.54, 1.807) is 6.07 Å². The molecule has 1 aromatic carbocycles. The standard InChI is InChI=1S/C11H11FO/c12-11-3-1-2-8-4-5-9(13)6-7-10(8)11/h1-3H,4-7H2. The Hall–Kier alpha value is -1.18. The molecule has 0 saturated carbocycles. The molecule has 0 atom stereocenters. The number of carbonyl (C=O) groups excluding carboxylic acids is 1. The maximum atomic E-state index is 13.3. The summed E-state index contributed by atoms with van der Waals surface area (Å²) >= 11 is 0. The number of halogens is 1. The average Bonchev–Trinajstić information content (AvgIpc) is 2.30. The second kappa shape index (κ2) is 3.29. The highest BCUT2D eigenvalue weighted by atomic mass is 19.1. The van der Waals surface area contributed by atoms with Gasteiger partial charge in [0.25, 0.3) is 0 Å². The van der Waals surface area contributed by atoms with Gasteiger partial charge in [-0.05, 0) is 30.0 Å². The molecule has 0 radical (unpaired) electrons. The minimum absolute atomic E-state index is 0.160. The predicted molar refractivity (Wildman–Crippen MR) is 48.0 cm³/mol. The zero-order valence-electron chi connectivity index (χ0n) is 7.35. The molecule has 0 amide bonds. The summed E-state index contributed by atoms with van der Waals surface area (Å²) in [6.07, 6.45) is 2.33. The smallest absolute Gasteiger partial charge is 0.133 e. The summed E-state index contributed by atoms with van der Waals surface area (Å²) in [5.41, 5.74) is 1.75. The number of ketones is 1. The lowest BCUT2D eigenvalue weighted by atomic mass is 10.0. The van der Waals surface area contributed by atoms with Crippen molar-refractivity contribution in [1.82, 2.24) is 0 Å². The summed E-state index contributed by atoms with van der Waals surface area (Å²) in [5, 5.41) is 0. The van der Waals surface area contributed by atoms with Gasteiger partial charge in [0.05, 0.1) is 0 Å². The predicted octanol–water partition coefficient (Wildman–Crippen LogP) is 2.27. The van der Waals surface area contributed by atoms with Gasteiger partial charge in [0.1, 0.15) is 11.6 Å². The first-order chi connectivity index (χ1) is 6.27. The Kier molecular flexibility index (Phi) is 2.13. The Morgan fingerprint density at radius 3 is 2.69 bits per heavy atom. The molecule has 0 spiro atoms. The van der Waals surface area contributed by atoms with Gasteiger partial charge in [-0.3, -0.25) is 4.79 Å². The van der Waals surface area contributed by atoms with Crippen molar-refractivity contribution in [2.24, 2.45) is 0 Å². The molecular formula is C11H11FO. The first-order valence-corrected chi connectivity index (χ1v) is 4.55. The number of carbonyl (C=O) groups is 1. The molecule has 1 nitrogen and oxygen atoms in total. The molecule has 0 saturated heterocycles. The summed E-state index contributed by atoms with van der Waals surface area (Å²) in [6, 6.07) is 5.09. The van der Waals surface area contributed by atoms with Crippen molar-refractivity contribution in [2.75, 3.05) is 0 Å².